The molecule has 0 aromatic rings. The summed E-state index contributed by atoms with van der Waals surface area (Å²) >= 11 is 0. The van der Waals surface area contributed by atoms with Crippen molar-refractivity contribution < 1.29 is 15.0 Å². The van der Waals surface area contributed by atoms with Crippen LogP contribution in [0.5, 0.6) is 0 Å². The van der Waals surface area contributed by atoms with E-state index in [1.54, 1.807) is 0 Å². The summed E-state index contributed by atoms with van der Waals surface area (Å²) < 4.78 is 0. The maximum Gasteiger partial charge on any atom is 0.154 e. The van der Waals surface area contributed by atoms with E-state index in [9.17, 15) is 15.0 Å². The summed E-state index contributed by atoms with van der Waals surface area (Å²) in [5, 5.41) is 20.8. The van der Waals surface area contributed by atoms with Gasteiger partial charge in [-0.05, 0) is 61.5 Å². The Labute approximate surface area is 134 Å². The van der Waals surface area contributed by atoms with Crippen molar-refractivity contribution in [2.24, 2.45) is 22.7 Å². The van der Waals surface area contributed by atoms with Gasteiger partial charge in [0.1, 0.15) is 11.5 Å². The van der Waals surface area contributed by atoms with Gasteiger partial charge in [0.25, 0.3) is 0 Å². The molecule has 2 atom stereocenters. The summed E-state index contributed by atoms with van der Waals surface area (Å²) in [6, 6.07) is 0. The minimum atomic E-state index is -0.474. The molecule has 0 saturated carbocycles. The Morgan fingerprint density at radius 1 is 0.864 bits per heavy atom. The summed E-state index contributed by atoms with van der Waals surface area (Å²) in [6.07, 6.45) is 2.94. The Bertz CT molecular complexity index is 501. The van der Waals surface area contributed by atoms with Gasteiger partial charge in [-0.2, -0.15) is 0 Å². The number of hydrogen-bond donors (Lipinski definition) is 2. The first-order valence-corrected chi connectivity index (χ1v) is 8.24. The number of carbonyl (C=O) groups excluding carboxylic acids is 1. The third-order valence-corrected chi connectivity index (χ3v) is 5.22. The lowest BCUT2D eigenvalue weighted by Crippen LogP contribution is -2.38. The first-order chi connectivity index (χ1) is 9.93. The second-order valence-electron chi connectivity index (χ2n) is 8.93. The van der Waals surface area contributed by atoms with Gasteiger partial charge < -0.3 is 10.2 Å². The number of Topliss-reactive ketones (excluding diaryl/α,β-unsaturated/α-hetero) is 1. The fraction of sp³-hybridized carbons (Fsp3) is 0.737. The highest BCUT2D eigenvalue weighted by Gasteiger charge is 2.43. The zero-order valence-corrected chi connectivity index (χ0v) is 14.8. The molecule has 0 spiro atoms. The molecule has 0 saturated heterocycles. The minimum absolute atomic E-state index is 0.00913. The number of aliphatic hydroxyl groups is 2. The Hall–Kier alpha value is -1.25. The van der Waals surface area contributed by atoms with Crippen molar-refractivity contribution in [1.82, 2.24) is 0 Å². The predicted octanol–water partition coefficient (Wildman–Crippen LogP) is 5.09. The highest BCUT2D eigenvalue weighted by atomic mass is 16.3. The van der Waals surface area contributed by atoms with Crippen molar-refractivity contribution in [2.75, 3.05) is 0 Å². The van der Waals surface area contributed by atoms with Crippen molar-refractivity contribution in [3.63, 3.8) is 0 Å². The van der Waals surface area contributed by atoms with Crippen molar-refractivity contribution in [2.45, 2.75) is 67.2 Å². The first kappa shape index (κ1) is 17.1. The standard InChI is InChI=1S/C19H30O3/c1-11-7-18(3,4)9-13(15(11)20)17(22)14-10-19(5,6)8-12(2)16(14)21/h13-14,20-21H,7-10H2,1-6H3. The van der Waals surface area contributed by atoms with Crippen LogP contribution in [0.25, 0.3) is 0 Å². The van der Waals surface area contributed by atoms with Gasteiger partial charge in [-0.3, -0.25) is 4.79 Å². The number of carbonyl (C=O) groups is 1. The van der Waals surface area contributed by atoms with Crippen molar-refractivity contribution in [1.29, 1.82) is 0 Å². The normalized spacial score (nSPS) is 31.4. The molecule has 2 aliphatic rings. The highest BCUT2D eigenvalue weighted by molar-refractivity contribution is 5.88. The van der Waals surface area contributed by atoms with Crippen LogP contribution in [0.3, 0.4) is 0 Å². The summed E-state index contributed by atoms with van der Waals surface area (Å²) in [6.45, 7) is 12.3. The maximum atomic E-state index is 13.1. The van der Waals surface area contributed by atoms with E-state index >= 15 is 0 Å². The zero-order valence-electron chi connectivity index (χ0n) is 14.8. The third-order valence-electron chi connectivity index (χ3n) is 5.22. The molecular formula is C19H30O3. The lowest BCUT2D eigenvalue weighted by Gasteiger charge is -2.39. The Kier molecular flexibility index (Phi) is 4.23. The number of hydrogen-bond acceptors (Lipinski definition) is 3. The molecule has 0 heterocycles. The van der Waals surface area contributed by atoms with Crippen LogP contribution < -0.4 is 0 Å². The van der Waals surface area contributed by atoms with Gasteiger partial charge in [-0.15, -0.1) is 0 Å². The lowest BCUT2D eigenvalue weighted by atomic mass is 9.65. The number of rotatable bonds is 2. The third kappa shape index (κ3) is 3.23. The Balaban J connectivity index is 2.35. The average molecular weight is 306 g/mol. The molecule has 2 rings (SSSR count). The van der Waals surface area contributed by atoms with E-state index in [4.69, 9.17) is 0 Å². The molecule has 0 aromatic heterocycles. The molecule has 3 heteroatoms. The first-order valence-electron chi connectivity index (χ1n) is 8.24. The van der Waals surface area contributed by atoms with E-state index in [0.717, 1.165) is 24.0 Å². The van der Waals surface area contributed by atoms with Gasteiger partial charge in [0.2, 0.25) is 0 Å². The van der Waals surface area contributed by atoms with Gasteiger partial charge in [0.05, 0.1) is 11.8 Å². The van der Waals surface area contributed by atoms with Crippen LogP contribution in [-0.4, -0.2) is 16.0 Å². The molecule has 0 bridgehead atoms. The van der Waals surface area contributed by atoms with E-state index < -0.39 is 11.8 Å². The molecule has 3 nitrogen and oxygen atoms in total. The SMILES string of the molecule is CC1=C(O)C(C(=O)C2CC(C)(C)CC(C)=C2O)CC(C)(C)C1. The monoisotopic (exact) mass is 306 g/mol. The van der Waals surface area contributed by atoms with E-state index in [1.165, 1.54) is 0 Å². The van der Waals surface area contributed by atoms with E-state index in [1.807, 2.05) is 13.8 Å². The fourth-order valence-electron chi connectivity index (χ4n) is 4.37. The molecule has 2 N–H and O–H groups in total. The van der Waals surface area contributed by atoms with E-state index in [-0.39, 0.29) is 28.1 Å². The maximum absolute atomic E-state index is 13.1. The summed E-state index contributed by atoms with van der Waals surface area (Å²) in [5.74, 6) is -0.499. The number of allylic oxidation sites excluding steroid dienone is 4. The molecule has 2 aliphatic carbocycles. The van der Waals surface area contributed by atoms with Crippen LogP contribution in [0.2, 0.25) is 0 Å². The molecule has 0 fully saturated rings. The molecule has 2 unspecified atom stereocenters. The van der Waals surface area contributed by atoms with Crippen LogP contribution in [0.15, 0.2) is 22.7 Å². The minimum Gasteiger partial charge on any atom is -0.512 e. The van der Waals surface area contributed by atoms with E-state index in [0.29, 0.717) is 12.8 Å². The largest absolute Gasteiger partial charge is 0.512 e. The molecule has 22 heavy (non-hydrogen) atoms. The smallest absolute Gasteiger partial charge is 0.154 e. The molecular weight excluding hydrogens is 276 g/mol. The van der Waals surface area contributed by atoms with Gasteiger partial charge >= 0.3 is 0 Å². The van der Waals surface area contributed by atoms with Gasteiger partial charge in [-0.25, -0.2) is 0 Å². The molecule has 0 aromatic carbocycles. The van der Waals surface area contributed by atoms with Gasteiger partial charge in [0, 0.05) is 0 Å². The molecule has 0 aliphatic heterocycles. The Morgan fingerprint density at radius 2 is 1.18 bits per heavy atom. The van der Waals surface area contributed by atoms with Gasteiger partial charge in [0.15, 0.2) is 5.78 Å². The summed E-state index contributed by atoms with van der Waals surface area (Å²) in [4.78, 5) is 13.1. The quantitative estimate of drug-likeness (QED) is 0.747. The molecule has 124 valence electrons. The van der Waals surface area contributed by atoms with Crippen LogP contribution in [0, 0.1) is 22.7 Å². The highest BCUT2D eigenvalue weighted by Crippen LogP contribution is 2.46. The molecule has 0 amide bonds. The van der Waals surface area contributed by atoms with Crippen LogP contribution >= 0.6 is 0 Å². The second kappa shape index (κ2) is 5.43. The van der Waals surface area contributed by atoms with Crippen LogP contribution in [-0.2, 0) is 4.79 Å². The average Bonchev–Trinajstić information content (AvgIpc) is 2.36. The van der Waals surface area contributed by atoms with Crippen LogP contribution in [0.4, 0.5) is 0 Å². The fourth-order valence-corrected chi connectivity index (χ4v) is 4.37. The number of ketones is 1. The van der Waals surface area contributed by atoms with Crippen molar-refractivity contribution in [3.8, 4) is 0 Å². The second-order valence-corrected chi connectivity index (χ2v) is 8.93. The van der Waals surface area contributed by atoms with Gasteiger partial charge in [-0.1, -0.05) is 27.7 Å². The predicted molar refractivity (Wildman–Crippen MR) is 88.7 cm³/mol. The van der Waals surface area contributed by atoms with Crippen LogP contribution in [0.1, 0.15) is 67.2 Å². The van der Waals surface area contributed by atoms with Crippen molar-refractivity contribution in [3.05, 3.63) is 22.7 Å². The topological polar surface area (TPSA) is 57.5 Å². The summed E-state index contributed by atoms with van der Waals surface area (Å²) in [7, 11) is 0. The lowest BCUT2D eigenvalue weighted by molar-refractivity contribution is -0.129. The van der Waals surface area contributed by atoms with Crippen molar-refractivity contribution >= 4 is 5.78 Å². The molecule has 0 radical (unpaired) electrons. The number of aliphatic hydroxyl groups excluding tert-OH is 2. The summed E-state index contributed by atoms with van der Waals surface area (Å²) in [5.41, 5.74) is 1.83. The zero-order chi connectivity index (χ0) is 16.9. The Morgan fingerprint density at radius 3 is 1.50 bits per heavy atom. The van der Waals surface area contributed by atoms with E-state index in [2.05, 4.69) is 27.7 Å².